The number of nitrogens with zero attached hydrogens (tertiary/aromatic N) is 1. The molecule has 0 saturated carbocycles. The summed E-state index contributed by atoms with van der Waals surface area (Å²) in [7, 11) is 0. The minimum absolute atomic E-state index is 0.550. The van der Waals surface area contributed by atoms with Crippen LogP contribution in [0.3, 0.4) is 0 Å². The van der Waals surface area contributed by atoms with Gasteiger partial charge in [0.05, 0.1) is 6.04 Å². The van der Waals surface area contributed by atoms with Gasteiger partial charge >= 0.3 is 0 Å². The number of hydrogen-bond acceptors (Lipinski definition) is 1. The van der Waals surface area contributed by atoms with Crippen molar-refractivity contribution < 1.29 is 0 Å². The molecule has 1 heteroatoms. The van der Waals surface area contributed by atoms with Crippen LogP contribution >= 0.6 is 0 Å². The van der Waals surface area contributed by atoms with Crippen LogP contribution in [0.15, 0.2) is 30.3 Å². The fourth-order valence-corrected chi connectivity index (χ4v) is 2.92. The van der Waals surface area contributed by atoms with E-state index in [0.717, 1.165) is 0 Å². The Morgan fingerprint density at radius 1 is 0.938 bits per heavy atom. The average Bonchev–Trinajstić information content (AvgIpc) is 2.57. The third-order valence-corrected chi connectivity index (χ3v) is 3.81. The van der Waals surface area contributed by atoms with Gasteiger partial charge in [-0.3, -0.25) is 4.90 Å². The van der Waals surface area contributed by atoms with Gasteiger partial charge in [-0.25, -0.2) is 0 Å². The molecule has 1 aliphatic carbocycles. The zero-order valence-corrected chi connectivity index (χ0v) is 9.73. The maximum Gasteiger partial charge on any atom is 0.0540 e. The molecule has 1 aromatic carbocycles. The van der Waals surface area contributed by atoms with Crippen LogP contribution in [0.4, 0.5) is 0 Å². The highest BCUT2D eigenvalue weighted by Crippen LogP contribution is 2.33. The third kappa shape index (κ3) is 1.80. The van der Waals surface area contributed by atoms with Gasteiger partial charge in [0.15, 0.2) is 0 Å². The Hall–Kier alpha value is -1.08. The Bertz CT molecular complexity index is 386. The normalized spacial score (nSPS) is 25.4. The van der Waals surface area contributed by atoms with Gasteiger partial charge in [-0.05, 0) is 37.1 Å². The van der Waals surface area contributed by atoms with Gasteiger partial charge in [0.2, 0.25) is 0 Å². The van der Waals surface area contributed by atoms with Gasteiger partial charge in [0.1, 0.15) is 0 Å². The molecule has 0 bridgehead atoms. The summed E-state index contributed by atoms with van der Waals surface area (Å²) in [5.41, 5.74) is 2.92. The molecule has 1 saturated heterocycles. The lowest BCUT2D eigenvalue weighted by molar-refractivity contribution is 0.243. The van der Waals surface area contributed by atoms with E-state index in [-0.39, 0.29) is 0 Å². The van der Waals surface area contributed by atoms with Gasteiger partial charge in [-0.1, -0.05) is 49.3 Å². The van der Waals surface area contributed by atoms with Crippen LogP contribution in [-0.4, -0.2) is 18.0 Å². The standard InChI is InChI=1S/C15H19N/c1-2-6-12-16(11-5-1)15-10-9-13-7-3-4-8-14(13)15/h3-4,7-10,15H,1-2,5-6,11-12H2. The van der Waals surface area contributed by atoms with Crippen molar-refractivity contribution in [3.8, 4) is 0 Å². The van der Waals surface area contributed by atoms with E-state index in [0.29, 0.717) is 6.04 Å². The highest BCUT2D eigenvalue weighted by molar-refractivity contribution is 5.61. The zero-order valence-electron chi connectivity index (χ0n) is 9.73. The van der Waals surface area contributed by atoms with Crippen molar-refractivity contribution in [2.24, 2.45) is 0 Å². The van der Waals surface area contributed by atoms with Crippen LogP contribution in [0.25, 0.3) is 6.08 Å². The number of likely N-dealkylation sites (tertiary alicyclic amines) is 1. The number of benzene rings is 1. The summed E-state index contributed by atoms with van der Waals surface area (Å²) in [6.45, 7) is 2.53. The summed E-state index contributed by atoms with van der Waals surface area (Å²) < 4.78 is 0. The summed E-state index contributed by atoms with van der Waals surface area (Å²) in [5.74, 6) is 0. The summed E-state index contributed by atoms with van der Waals surface area (Å²) in [6.07, 6.45) is 10.2. The second kappa shape index (κ2) is 4.42. The van der Waals surface area contributed by atoms with E-state index in [2.05, 4.69) is 41.3 Å². The van der Waals surface area contributed by atoms with Crippen LogP contribution in [0.2, 0.25) is 0 Å². The van der Waals surface area contributed by atoms with E-state index < -0.39 is 0 Å². The Kier molecular flexibility index (Phi) is 2.79. The fraction of sp³-hybridized carbons (Fsp3) is 0.467. The first kappa shape index (κ1) is 10.1. The van der Waals surface area contributed by atoms with Crippen LogP contribution < -0.4 is 0 Å². The molecule has 3 rings (SSSR count). The molecule has 1 nitrogen and oxygen atoms in total. The Morgan fingerprint density at radius 3 is 2.50 bits per heavy atom. The molecule has 1 aliphatic heterocycles. The molecule has 84 valence electrons. The summed E-state index contributed by atoms with van der Waals surface area (Å²) in [4.78, 5) is 2.65. The Morgan fingerprint density at radius 2 is 1.69 bits per heavy atom. The molecular weight excluding hydrogens is 194 g/mol. The van der Waals surface area contributed by atoms with E-state index in [9.17, 15) is 0 Å². The van der Waals surface area contributed by atoms with E-state index in [1.807, 2.05) is 0 Å². The highest BCUT2D eigenvalue weighted by Gasteiger charge is 2.23. The van der Waals surface area contributed by atoms with Crippen LogP contribution in [0, 0.1) is 0 Å². The van der Waals surface area contributed by atoms with Gasteiger partial charge in [-0.2, -0.15) is 0 Å². The number of rotatable bonds is 1. The molecule has 0 N–H and O–H groups in total. The smallest absolute Gasteiger partial charge is 0.0540 e. The van der Waals surface area contributed by atoms with E-state index in [4.69, 9.17) is 0 Å². The van der Waals surface area contributed by atoms with E-state index >= 15 is 0 Å². The van der Waals surface area contributed by atoms with Gasteiger partial charge < -0.3 is 0 Å². The number of hydrogen-bond donors (Lipinski definition) is 0. The van der Waals surface area contributed by atoms with Crippen LogP contribution in [0.5, 0.6) is 0 Å². The van der Waals surface area contributed by atoms with Gasteiger partial charge in [0.25, 0.3) is 0 Å². The monoisotopic (exact) mass is 213 g/mol. The fourth-order valence-electron chi connectivity index (χ4n) is 2.92. The Balaban J connectivity index is 1.83. The quantitative estimate of drug-likeness (QED) is 0.688. The topological polar surface area (TPSA) is 3.24 Å². The molecule has 1 heterocycles. The van der Waals surface area contributed by atoms with Crippen LogP contribution in [0.1, 0.15) is 42.9 Å². The van der Waals surface area contributed by atoms with Gasteiger partial charge in [-0.15, -0.1) is 0 Å². The first-order valence-electron chi connectivity index (χ1n) is 6.46. The van der Waals surface area contributed by atoms with Crippen molar-refractivity contribution in [1.29, 1.82) is 0 Å². The van der Waals surface area contributed by atoms with Crippen molar-refractivity contribution in [3.05, 3.63) is 41.5 Å². The lowest BCUT2D eigenvalue weighted by Gasteiger charge is -2.27. The Labute approximate surface area is 97.8 Å². The molecule has 1 aromatic rings. The first-order chi connectivity index (χ1) is 7.95. The predicted octanol–water partition coefficient (Wildman–Crippen LogP) is 3.63. The second-order valence-electron chi connectivity index (χ2n) is 4.88. The molecule has 1 fully saturated rings. The molecule has 0 aromatic heterocycles. The molecule has 16 heavy (non-hydrogen) atoms. The minimum atomic E-state index is 0.550. The average molecular weight is 213 g/mol. The molecule has 0 spiro atoms. The molecule has 1 atom stereocenters. The first-order valence-corrected chi connectivity index (χ1v) is 6.46. The highest BCUT2D eigenvalue weighted by atomic mass is 15.2. The third-order valence-electron chi connectivity index (χ3n) is 3.81. The maximum absolute atomic E-state index is 2.65. The molecule has 0 radical (unpaired) electrons. The molecule has 1 unspecified atom stereocenters. The largest absolute Gasteiger partial charge is 0.293 e. The van der Waals surface area contributed by atoms with Crippen molar-refractivity contribution in [2.45, 2.75) is 31.7 Å². The van der Waals surface area contributed by atoms with Crippen molar-refractivity contribution in [1.82, 2.24) is 4.90 Å². The van der Waals surface area contributed by atoms with Crippen molar-refractivity contribution in [2.75, 3.05) is 13.1 Å². The number of fused-ring (bicyclic) bond motifs is 1. The van der Waals surface area contributed by atoms with Gasteiger partial charge in [0, 0.05) is 0 Å². The molecule has 0 amide bonds. The predicted molar refractivity (Wildman–Crippen MR) is 68.3 cm³/mol. The van der Waals surface area contributed by atoms with Crippen molar-refractivity contribution in [3.63, 3.8) is 0 Å². The summed E-state index contributed by atoms with van der Waals surface area (Å²) in [6, 6.07) is 9.36. The molecule has 2 aliphatic rings. The lowest BCUT2D eigenvalue weighted by atomic mass is 10.1. The molecular formula is C15H19N. The van der Waals surface area contributed by atoms with E-state index in [1.165, 1.54) is 49.9 Å². The summed E-state index contributed by atoms with van der Waals surface area (Å²) >= 11 is 0. The SMILES string of the molecule is C1=CC(N2CCCCCC2)c2ccccc21. The van der Waals surface area contributed by atoms with E-state index in [1.54, 1.807) is 0 Å². The lowest BCUT2D eigenvalue weighted by Crippen LogP contribution is -2.27. The maximum atomic E-state index is 2.65. The minimum Gasteiger partial charge on any atom is -0.293 e. The zero-order chi connectivity index (χ0) is 10.8. The van der Waals surface area contributed by atoms with Crippen LogP contribution in [-0.2, 0) is 0 Å². The second-order valence-corrected chi connectivity index (χ2v) is 4.88. The van der Waals surface area contributed by atoms with Crippen molar-refractivity contribution >= 4 is 6.08 Å². The summed E-state index contributed by atoms with van der Waals surface area (Å²) in [5, 5.41) is 0.